The summed E-state index contributed by atoms with van der Waals surface area (Å²) in [7, 11) is 0. The van der Waals surface area contributed by atoms with Gasteiger partial charge < -0.3 is 85.9 Å². The Balaban J connectivity index is 3.54. The Bertz CT molecular complexity index is 2190. The molecule has 75 heavy (non-hydrogen) atoms. The van der Waals surface area contributed by atoms with Crippen LogP contribution in [0.2, 0.25) is 0 Å². The SMILES string of the molecule is CC[C@H](C)[C@H](NC(=O)[C@H](Cc1ccc(O)cc1)NC(=O)[C@H](CC(N)=O)NC(=O)[C@@H](NC(=O)[C@@H](NC(=O)[C@H](CC(=O)O)NC(=O)[C@@H](N)CS)C(C)C)C(C)C)C(=O)N[C@H](C(=O)N[C@@H](CCCN=C(N)N)C(=O)O)[C@@H](C)O. The van der Waals surface area contributed by atoms with E-state index in [-0.39, 0.29) is 49.7 Å². The van der Waals surface area contributed by atoms with Crippen molar-refractivity contribution in [1.82, 2.24) is 42.5 Å². The monoisotopic (exact) mass is 1080 g/mol. The maximum atomic E-state index is 14.3. The van der Waals surface area contributed by atoms with Crippen LogP contribution in [-0.2, 0) is 59.2 Å². The number of carboxylic acid groups (broad SMARTS) is 2. The number of carbonyl (C=O) groups is 11. The van der Waals surface area contributed by atoms with Crippen molar-refractivity contribution in [3.05, 3.63) is 29.8 Å². The molecule has 1 aromatic rings. The van der Waals surface area contributed by atoms with Gasteiger partial charge in [-0.3, -0.25) is 52.9 Å². The summed E-state index contributed by atoms with van der Waals surface area (Å²) < 4.78 is 0. The van der Waals surface area contributed by atoms with Gasteiger partial charge in [0.1, 0.15) is 54.1 Å². The number of aliphatic hydroxyl groups excluding tert-OH is 1. The van der Waals surface area contributed by atoms with Crippen molar-refractivity contribution in [3.63, 3.8) is 0 Å². The van der Waals surface area contributed by atoms with Gasteiger partial charge in [-0.25, -0.2) is 4.79 Å². The quantitative estimate of drug-likeness (QED) is 0.0136. The molecule has 0 unspecified atom stereocenters. The predicted molar refractivity (Wildman–Crippen MR) is 274 cm³/mol. The van der Waals surface area contributed by atoms with Crippen LogP contribution in [0, 0.1) is 17.8 Å². The second kappa shape index (κ2) is 32.1. The summed E-state index contributed by atoms with van der Waals surface area (Å²) in [6.07, 6.45) is -3.40. The van der Waals surface area contributed by atoms with Crippen LogP contribution in [0.15, 0.2) is 29.3 Å². The highest BCUT2D eigenvalue weighted by Gasteiger charge is 2.38. The number of thiol groups is 1. The van der Waals surface area contributed by atoms with E-state index in [1.54, 1.807) is 13.8 Å². The number of aliphatic hydroxyl groups is 1. The lowest BCUT2D eigenvalue weighted by Gasteiger charge is -2.30. The number of amides is 9. The molecule has 0 aliphatic carbocycles. The average Bonchev–Trinajstić information content (AvgIpc) is 3.32. The molecule has 0 bridgehead atoms. The number of hydrogen-bond donors (Lipinski definition) is 17. The summed E-state index contributed by atoms with van der Waals surface area (Å²) in [5.41, 5.74) is 22.1. The third kappa shape index (κ3) is 23.2. The zero-order valence-corrected chi connectivity index (χ0v) is 43.8. The van der Waals surface area contributed by atoms with Gasteiger partial charge in [-0.2, -0.15) is 12.6 Å². The molecule has 1 aromatic carbocycles. The number of guanidine groups is 1. The van der Waals surface area contributed by atoms with Gasteiger partial charge >= 0.3 is 11.9 Å². The number of hydrogen-bond acceptors (Lipinski definition) is 16. The third-order valence-electron chi connectivity index (χ3n) is 11.5. The van der Waals surface area contributed by atoms with Crippen molar-refractivity contribution in [1.29, 1.82) is 0 Å². The number of benzene rings is 1. The molecule has 0 fully saturated rings. The number of phenolic OH excluding ortho intramolecular Hbond substituents is 1. The van der Waals surface area contributed by atoms with E-state index in [4.69, 9.17) is 22.9 Å². The molecule has 0 heterocycles. The molecule has 0 saturated heterocycles. The van der Waals surface area contributed by atoms with Gasteiger partial charge in [0.05, 0.1) is 25.0 Å². The van der Waals surface area contributed by atoms with Crippen LogP contribution in [-0.4, -0.2) is 164 Å². The van der Waals surface area contributed by atoms with Crippen molar-refractivity contribution >= 4 is 83.7 Å². The van der Waals surface area contributed by atoms with Crippen molar-refractivity contribution in [2.75, 3.05) is 12.3 Å². The summed E-state index contributed by atoms with van der Waals surface area (Å²) in [5.74, 6) is -14.8. The van der Waals surface area contributed by atoms with E-state index in [0.29, 0.717) is 5.56 Å². The number of aromatic hydroxyl groups is 1. The van der Waals surface area contributed by atoms with Gasteiger partial charge in [0, 0.05) is 18.7 Å². The molecule has 420 valence electrons. The van der Waals surface area contributed by atoms with E-state index >= 15 is 0 Å². The Morgan fingerprint density at radius 1 is 0.587 bits per heavy atom. The molecule has 0 saturated carbocycles. The second-order valence-electron chi connectivity index (χ2n) is 18.5. The van der Waals surface area contributed by atoms with Crippen LogP contribution >= 0.6 is 12.6 Å². The molecule has 9 amide bonds. The van der Waals surface area contributed by atoms with Crippen molar-refractivity contribution < 1.29 is 73.2 Å². The van der Waals surface area contributed by atoms with Crippen LogP contribution in [0.4, 0.5) is 0 Å². The predicted octanol–water partition coefficient (Wildman–Crippen LogP) is -4.70. The maximum absolute atomic E-state index is 14.3. The summed E-state index contributed by atoms with van der Waals surface area (Å²) >= 11 is 3.93. The van der Waals surface area contributed by atoms with Gasteiger partial charge in [-0.15, -0.1) is 0 Å². The Kier molecular flexibility index (Phi) is 28.2. The first kappa shape index (κ1) is 65.7. The number of nitrogens with zero attached hydrogens (tertiary/aromatic N) is 1. The highest BCUT2D eigenvalue weighted by molar-refractivity contribution is 7.80. The Morgan fingerprint density at radius 3 is 1.49 bits per heavy atom. The fraction of sp³-hybridized carbons (Fsp3) is 0.609. The Morgan fingerprint density at radius 2 is 1.01 bits per heavy atom. The van der Waals surface area contributed by atoms with Gasteiger partial charge in [0.15, 0.2) is 5.96 Å². The number of phenols is 1. The van der Waals surface area contributed by atoms with Crippen molar-refractivity contribution in [2.45, 2.75) is 147 Å². The largest absolute Gasteiger partial charge is 0.508 e. The molecular weight excluding hydrogens is 1010 g/mol. The molecule has 0 radical (unpaired) electrons. The minimum atomic E-state index is -1.81. The maximum Gasteiger partial charge on any atom is 0.326 e. The zero-order valence-electron chi connectivity index (χ0n) is 43.0. The third-order valence-corrected chi connectivity index (χ3v) is 11.9. The highest BCUT2D eigenvalue weighted by atomic mass is 32.1. The first-order valence-corrected chi connectivity index (χ1v) is 24.6. The van der Waals surface area contributed by atoms with Gasteiger partial charge in [-0.05, 0) is 55.2 Å². The molecular formula is C46H75N13O15S. The minimum absolute atomic E-state index is 0.0469. The number of aliphatic carboxylic acids is 2. The number of aliphatic imine (C=N–C) groups is 1. The van der Waals surface area contributed by atoms with Crippen LogP contribution in [0.3, 0.4) is 0 Å². The summed E-state index contributed by atoms with van der Waals surface area (Å²) in [5, 5.41) is 58.8. The molecule has 1 rings (SSSR count). The smallest absolute Gasteiger partial charge is 0.326 e. The van der Waals surface area contributed by atoms with Crippen LogP contribution in [0.1, 0.15) is 86.1 Å². The van der Waals surface area contributed by atoms with E-state index in [9.17, 15) is 73.2 Å². The standard InChI is InChI=1S/C46H75N13O15S/c1-8-22(6)35(43(71)59-36(23(7)60)44(72)52-27(45(73)74)10-9-15-51-46(49)50)58-39(67)28(16-24-11-13-25(61)14-12-24)54-38(66)29(17-31(48)62)55-41(69)33(20(2)3)57-42(70)34(21(4)5)56-40(68)30(18-32(63)64)53-37(65)26(47)19-75/h11-14,20-23,26-30,33-36,60-61,75H,8-10,15-19,47H2,1-7H3,(H2,48,62)(H,52,72)(H,53,65)(H,54,66)(H,55,69)(H,56,68)(H,57,70)(H,58,67)(H,59,71)(H,63,64)(H,73,74)(H4,49,50,51)/t22-,23+,26-,27-,28-,29-,30-,33-,34-,35-,36-/m0/s1. The van der Waals surface area contributed by atoms with Gasteiger partial charge in [-0.1, -0.05) is 60.1 Å². The molecule has 29 heteroatoms. The minimum Gasteiger partial charge on any atom is -0.508 e. The van der Waals surface area contributed by atoms with Crippen LogP contribution < -0.4 is 65.5 Å². The summed E-state index contributed by atoms with van der Waals surface area (Å²) in [6, 6.07) is -8.47. The van der Waals surface area contributed by atoms with E-state index in [1.165, 1.54) is 52.0 Å². The van der Waals surface area contributed by atoms with Crippen molar-refractivity contribution in [2.24, 2.45) is 45.7 Å². The number of nitrogens with one attached hydrogen (secondary N) is 8. The average molecular weight is 1080 g/mol. The summed E-state index contributed by atoms with van der Waals surface area (Å²) in [4.78, 5) is 149. The molecule has 0 spiro atoms. The highest BCUT2D eigenvalue weighted by Crippen LogP contribution is 2.15. The lowest BCUT2D eigenvalue weighted by atomic mass is 9.96. The molecule has 20 N–H and O–H groups in total. The fourth-order valence-electron chi connectivity index (χ4n) is 6.96. The number of primary amides is 1. The zero-order chi connectivity index (χ0) is 57.4. The number of carbonyl (C=O) groups excluding carboxylic acids is 9. The first-order valence-electron chi connectivity index (χ1n) is 24.0. The Labute approximate surface area is 439 Å². The molecule has 11 atom stereocenters. The van der Waals surface area contributed by atoms with E-state index < -0.39 is 156 Å². The summed E-state index contributed by atoms with van der Waals surface area (Å²) in [6.45, 7) is 10.5. The fourth-order valence-corrected chi connectivity index (χ4v) is 7.13. The molecule has 0 aliphatic heterocycles. The molecule has 28 nitrogen and oxygen atoms in total. The van der Waals surface area contributed by atoms with Crippen LogP contribution in [0.5, 0.6) is 5.75 Å². The molecule has 0 aliphatic rings. The second-order valence-corrected chi connectivity index (χ2v) is 18.9. The van der Waals surface area contributed by atoms with Crippen molar-refractivity contribution in [3.8, 4) is 5.75 Å². The van der Waals surface area contributed by atoms with E-state index in [2.05, 4.69) is 60.2 Å². The topological polar surface area (TPSA) is 481 Å². The van der Waals surface area contributed by atoms with E-state index in [0.717, 1.165) is 6.92 Å². The number of rotatable bonds is 33. The van der Waals surface area contributed by atoms with Gasteiger partial charge in [0.2, 0.25) is 53.2 Å². The normalized spacial score (nSPS) is 15.5. The Hall–Kier alpha value is -7.27. The number of carboxylic acids is 2. The number of nitrogens with two attached hydrogens (primary N) is 4. The van der Waals surface area contributed by atoms with E-state index in [1.807, 2.05) is 0 Å². The first-order chi connectivity index (χ1) is 34.9. The molecule has 0 aromatic heterocycles. The lowest BCUT2D eigenvalue weighted by Crippen LogP contribution is -2.63. The van der Waals surface area contributed by atoms with Crippen LogP contribution in [0.25, 0.3) is 0 Å². The van der Waals surface area contributed by atoms with Gasteiger partial charge in [0.25, 0.3) is 0 Å². The lowest BCUT2D eigenvalue weighted by molar-refractivity contribution is -0.143.